The van der Waals surface area contributed by atoms with Crippen molar-refractivity contribution in [2.45, 2.75) is 6.54 Å². The fourth-order valence-electron chi connectivity index (χ4n) is 3.36. The monoisotopic (exact) mass is 347 g/mol. The van der Waals surface area contributed by atoms with Gasteiger partial charge in [-0.15, -0.1) is 0 Å². The summed E-state index contributed by atoms with van der Waals surface area (Å²) in [4.78, 5) is 17.1. The first-order valence-corrected chi connectivity index (χ1v) is 8.62. The zero-order valence-corrected chi connectivity index (χ0v) is 14.7. The predicted molar refractivity (Wildman–Crippen MR) is 103 cm³/mol. The number of nitrogens with two attached hydrogens (primary N) is 1. The number of hydrogen-bond acceptors (Lipinski definition) is 4. The Kier molecular flexibility index (Phi) is 4.08. The van der Waals surface area contributed by atoms with Crippen molar-refractivity contribution >= 4 is 23.1 Å². The van der Waals surface area contributed by atoms with E-state index >= 15 is 0 Å². The van der Waals surface area contributed by atoms with E-state index in [0.717, 1.165) is 24.5 Å². The Morgan fingerprint density at radius 2 is 1.73 bits per heavy atom. The van der Waals surface area contributed by atoms with Crippen LogP contribution in [-0.2, 0) is 13.6 Å². The van der Waals surface area contributed by atoms with Crippen LogP contribution in [0.4, 0.5) is 17.2 Å². The molecule has 0 fully saturated rings. The molecule has 0 saturated carbocycles. The second-order valence-electron chi connectivity index (χ2n) is 6.42. The average molecular weight is 347 g/mol. The number of aryl methyl sites for hydroxylation is 1. The summed E-state index contributed by atoms with van der Waals surface area (Å²) in [5.41, 5.74) is 9.65. The minimum Gasteiger partial charge on any atom is -0.383 e. The summed E-state index contributed by atoms with van der Waals surface area (Å²) in [6.45, 7) is 2.18. The van der Waals surface area contributed by atoms with Crippen molar-refractivity contribution in [1.29, 1.82) is 0 Å². The molecular weight excluding hydrogens is 326 g/mol. The van der Waals surface area contributed by atoms with Gasteiger partial charge in [0, 0.05) is 26.7 Å². The first-order chi connectivity index (χ1) is 12.6. The number of rotatable bonds is 3. The van der Waals surface area contributed by atoms with Crippen molar-refractivity contribution in [3.63, 3.8) is 0 Å². The molecule has 0 unspecified atom stereocenters. The lowest BCUT2D eigenvalue weighted by Crippen LogP contribution is -2.44. The van der Waals surface area contributed by atoms with E-state index in [1.165, 1.54) is 16.4 Å². The quantitative estimate of drug-likeness (QED) is 0.791. The van der Waals surface area contributed by atoms with E-state index in [2.05, 4.69) is 28.2 Å². The van der Waals surface area contributed by atoms with Crippen molar-refractivity contribution in [3.05, 3.63) is 71.9 Å². The molecule has 4 rings (SSSR count). The number of carbonyl (C=O) groups excluding carboxylic acids is 1. The van der Waals surface area contributed by atoms with Gasteiger partial charge < -0.3 is 15.5 Å². The number of fused-ring (bicyclic) bond motifs is 1. The lowest BCUT2D eigenvalue weighted by molar-refractivity contribution is 0.0987. The third-order valence-electron chi connectivity index (χ3n) is 4.78. The molecule has 6 nitrogen and oxygen atoms in total. The van der Waals surface area contributed by atoms with E-state index in [1.54, 1.807) is 11.9 Å². The molecule has 3 aromatic rings. The zero-order valence-electron chi connectivity index (χ0n) is 14.7. The highest BCUT2D eigenvalue weighted by Gasteiger charge is 2.29. The van der Waals surface area contributed by atoms with Gasteiger partial charge in [-0.1, -0.05) is 42.5 Å². The minimum atomic E-state index is -0.109. The maximum atomic E-state index is 13.0. The lowest BCUT2D eigenvalue weighted by Gasteiger charge is -2.37. The number of nitrogens with zero attached hydrogens (tertiary/aromatic N) is 4. The van der Waals surface area contributed by atoms with Gasteiger partial charge in [0.15, 0.2) is 0 Å². The topological polar surface area (TPSA) is 67.4 Å². The molecule has 1 aliphatic rings. The number of benzene rings is 2. The molecule has 6 heteroatoms. The van der Waals surface area contributed by atoms with E-state index < -0.39 is 0 Å². The molecular formula is C20H21N5O. The molecule has 132 valence electrons. The van der Waals surface area contributed by atoms with Crippen LogP contribution in [-0.4, -0.2) is 28.8 Å². The molecule has 1 aromatic heterocycles. The highest BCUT2D eigenvalue weighted by molar-refractivity contribution is 6.10. The molecule has 0 saturated heterocycles. The van der Waals surface area contributed by atoms with Crippen molar-refractivity contribution in [1.82, 2.24) is 9.78 Å². The van der Waals surface area contributed by atoms with Gasteiger partial charge in [0.1, 0.15) is 11.4 Å². The first kappa shape index (κ1) is 16.2. The highest BCUT2D eigenvalue weighted by atomic mass is 16.2. The van der Waals surface area contributed by atoms with Gasteiger partial charge in [0.25, 0.3) is 5.91 Å². The molecule has 2 heterocycles. The molecule has 0 aliphatic carbocycles. The van der Waals surface area contributed by atoms with Crippen LogP contribution in [0, 0.1) is 0 Å². The second kappa shape index (κ2) is 6.55. The van der Waals surface area contributed by atoms with Crippen LogP contribution in [0.3, 0.4) is 0 Å². The second-order valence-corrected chi connectivity index (χ2v) is 6.42. The standard InChI is InChI=1S/C20H21N5O/c1-23-19(21)16(13-22-23)20(26)25-12-11-24(14-15-7-3-2-4-8-15)17-9-5-6-10-18(17)25/h2-10,13H,11-12,14,21H2,1H3. The van der Waals surface area contributed by atoms with E-state index in [4.69, 9.17) is 5.73 Å². The van der Waals surface area contributed by atoms with Gasteiger partial charge in [-0.25, -0.2) is 0 Å². The Labute approximate surface area is 152 Å². The number of amides is 1. The average Bonchev–Trinajstić information content (AvgIpc) is 3.01. The fourth-order valence-corrected chi connectivity index (χ4v) is 3.36. The van der Waals surface area contributed by atoms with Crippen LogP contribution in [0.5, 0.6) is 0 Å². The SMILES string of the molecule is Cn1ncc(C(=O)N2CCN(Cc3ccccc3)c3ccccc32)c1N. The predicted octanol–water partition coefficient (Wildman–Crippen LogP) is 2.67. The summed E-state index contributed by atoms with van der Waals surface area (Å²) in [5.74, 6) is 0.279. The number of hydrogen-bond donors (Lipinski definition) is 1. The van der Waals surface area contributed by atoms with Gasteiger partial charge in [-0.2, -0.15) is 5.10 Å². The van der Waals surface area contributed by atoms with E-state index in [-0.39, 0.29) is 5.91 Å². The highest BCUT2D eigenvalue weighted by Crippen LogP contribution is 2.35. The zero-order chi connectivity index (χ0) is 18.1. The Bertz CT molecular complexity index is 934. The van der Waals surface area contributed by atoms with Crippen LogP contribution in [0.2, 0.25) is 0 Å². The Morgan fingerprint density at radius 3 is 2.42 bits per heavy atom. The van der Waals surface area contributed by atoms with Crippen LogP contribution < -0.4 is 15.5 Å². The number of carbonyl (C=O) groups is 1. The maximum absolute atomic E-state index is 13.0. The largest absolute Gasteiger partial charge is 0.383 e. The van der Waals surface area contributed by atoms with E-state index in [9.17, 15) is 4.79 Å². The fraction of sp³-hybridized carbons (Fsp3) is 0.200. The Hall–Kier alpha value is -3.28. The maximum Gasteiger partial charge on any atom is 0.263 e. The molecule has 1 aliphatic heterocycles. The third-order valence-corrected chi connectivity index (χ3v) is 4.78. The van der Waals surface area contributed by atoms with E-state index in [0.29, 0.717) is 17.9 Å². The van der Waals surface area contributed by atoms with E-state index in [1.807, 2.05) is 36.4 Å². The van der Waals surface area contributed by atoms with Crippen LogP contribution >= 0.6 is 0 Å². The van der Waals surface area contributed by atoms with Gasteiger partial charge in [0.05, 0.1) is 17.6 Å². The Morgan fingerprint density at radius 1 is 1.04 bits per heavy atom. The molecule has 0 atom stereocenters. The van der Waals surface area contributed by atoms with Crippen molar-refractivity contribution in [3.8, 4) is 0 Å². The summed E-state index contributed by atoms with van der Waals surface area (Å²) in [7, 11) is 1.73. The molecule has 0 radical (unpaired) electrons. The summed E-state index contributed by atoms with van der Waals surface area (Å²) < 4.78 is 1.52. The van der Waals surface area contributed by atoms with Crippen LogP contribution in [0.1, 0.15) is 15.9 Å². The molecule has 26 heavy (non-hydrogen) atoms. The van der Waals surface area contributed by atoms with Crippen molar-refractivity contribution in [2.75, 3.05) is 28.6 Å². The van der Waals surface area contributed by atoms with Gasteiger partial charge >= 0.3 is 0 Å². The van der Waals surface area contributed by atoms with Crippen molar-refractivity contribution < 1.29 is 4.79 Å². The number of para-hydroxylation sites is 2. The van der Waals surface area contributed by atoms with Gasteiger partial charge in [-0.05, 0) is 17.7 Å². The molecule has 2 aromatic carbocycles. The number of aromatic nitrogens is 2. The lowest BCUT2D eigenvalue weighted by atomic mass is 10.1. The molecule has 0 bridgehead atoms. The minimum absolute atomic E-state index is 0.109. The summed E-state index contributed by atoms with van der Waals surface area (Å²) >= 11 is 0. The van der Waals surface area contributed by atoms with Crippen LogP contribution in [0.25, 0.3) is 0 Å². The smallest absolute Gasteiger partial charge is 0.263 e. The molecule has 2 N–H and O–H groups in total. The normalized spacial score (nSPS) is 13.6. The number of nitrogen functional groups attached to an aromatic ring is 1. The number of anilines is 3. The van der Waals surface area contributed by atoms with Gasteiger partial charge in [0.2, 0.25) is 0 Å². The van der Waals surface area contributed by atoms with Crippen molar-refractivity contribution in [2.24, 2.45) is 7.05 Å². The van der Waals surface area contributed by atoms with Gasteiger partial charge in [-0.3, -0.25) is 9.48 Å². The molecule has 0 spiro atoms. The summed E-state index contributed by atoms with van der Waals surface area (Å²) in [6.07, 6.45) is 1.54. The Balaban J connectivity index is 1.65. The first-order valence-electron chi connectivity index (χ1n) is 8.62. The third kappa shape index (κ3) is 2.79. The summed E-state index contributed by atoms with van der Waals surface area (Å²) in [5, 5.41) is 4.09. The summed E-state index contributed by atoms with van der Waals surface area (Å²) in [6, 6.07) is 18.4. The molecule has 1 amide bonds. The van der Waals surface area contributed by atoms with Crippen LogP contribution in [0.15, 0.2) is 60.8 Å².